The van der Waals surface area contributed by atoms with E-state index in [-0.39, 0.29) is 24.8 Å². The SMILES string of the molecule is C[CH]=[Zr+2].C[Si](C)(C)OCCCC1=Cc2ccccc2C1C1=[C-]C=CC1.[Cl-].[Cl-]. The van der Waals surface area contributed by atoms with E-state index in [0.717, 1.165) is 25.9 Å². The number of rotatable bonds is 6. The van der Waals surface area contributed by atoms with Gasteiger partial charge in [0, 0.05) is 12.5 Å². The van der Waals surface area contributed by atoms with Crippen molar-refractivity contribution >= 4 is 18.1 Å². The van der Waals surface area contributed by atoms with Crippen LogP contribution in [-0.2, 0) is 28.7 Å². The fourth-order valence-electron chi connectivity index (χ4n) is 3.28. The van der Waals surface area contributed by atoms with Crippen LogP contribution in [0.1, 0.15) is 43.2 Å². The first kappa shape index (κ1) is 27.0. The van der Waals surface area contributed by atoms with E-state index >= 15 is 0 Å². The van der Waals surface area contributed by atoms with Crippen LogP contribution in [0.15, 0.2) is 47.6 Å². The van der Waals surface area contributed by atoms with E-state index in [0.29, 0.717) is 5.92 Å². The smallest absolute Gasteiger partial charge is 0.183 e. The normalized spacial score (nSPS) is 16.9. The molecule has 1 aromatic carbocycles. The van der Waals surface area contributed by atoms with Crippen LogP contribution in [0, 0.1) is 6.08 Å². The molecule has 1 unspecified atom stereocenters. The molecule has 0 amide bonds. The summed E-state index contributed by atoms with van der Waals surface area (Å²) in [6.07, 6.45) is 13.4. The molecule has 0 saturated carbocycles. The first-order chi connectivity index (χ1) is 12.0. The van der Waals surface area contributed by atoms with Gasteiger partial charge in [0.05, 0.1) is 0 Å². The van der Waals surface area contributed by atoms with Crippen LogP contribution in [0.4, 0.5) is 0 Å². The minimum Gasteiger partial charge on any atom is -1.00 e. The van der Waals surface area contributed by atoms with Crippen molar-refractivity contribution in [1.82, 2.24) is 0 Å². The van der Waals surface area contributed by atoms with Gasteiger partial charge in [0.25, 0.3) is 0 Å². The Balaban J connectivity index is 0.00000127. The van der Waals surface area contributed by atoms with E-state index in [4.69, 9.17) is 4.43 Å². The second-order valence-electron chi connectivity index (χ2n) is 7.41. The number of hydrogen-bond acceptors (Lipinski definition) is 1. The molecule has 2 aliphatic rings. The molecule has 0 N–H and O–H groups in total. The summed E-state index contributed by atoms with van der Waals surface area (Å²) in [5.74, 6) is 0.443. The Kier molecular flexibility index (Phi) is 13.2. The number of halogens is 2. The predicted molar refractivity (Wildman–Crippen MR) is 108 cm³/mol. The molecule has 27 heavy (non-hydrogen) atoms. The summed E-state index contributed by atoms with van der Waals surface area (Å²) in [5.41, 5.74) is 5.79. The molecule has 0 bridgehead atoms. The maximum Gasteiger partial charge on any atom is 0.183 e. The van der Waals surface area contributed by atoms with Crippen molar-refractivity contribution in [3.05, 3.63) is 64.8 Å². The van der Waals surface area contributed by atoms with Crippen molar-refractivity contribution in [3.8, 4) is 0 Å². The molecule has 5 heteroatoms. The molecule has 0 heterocycles. The summed E-state index contributed by atoms with van der Waals surface area (Å²) in [6.45, 7) is 9.69. The summed E-state index contributed by atoms with van der Waals surface area (Å²) < 4.78 is 8.09. The van der Waals surface area contributed by atoms with Gasteiger partial charge in [-0.1, -0.05) is 42.3 Å². The second-order valence-corrected chi connectivity index (χ2v) is 13.3. The van der Waals surface area contributed by atoms with Gasteiger partial charge in [0.1, 0.15) is 0 Å². The van der Waals surface area contributed by atoms with Crippen molar-refractivity contribution in [2.24, 2.45) is 0 Å². The molecule has 0 radical (unpaired) electrons. The quantitative estimate of drug-likeness (QED) is 0.301. The molecule has 0 aromatic heterocycles. The van der Waals surface area contributed by atoms with Crippen LogP contribution >= 0.6 is 0 Å². The third kappa shape index (κ3) is 8.46. The first-order valence-electron chi connectivity index (χ1n) is 9.12. The second kappa shape index (κ2) is 13.2. The molecule has 1 nitrogen and oxygen atoms in total. The molecular weight excluding hydrogens is 470 g/mol. The maximum atomic E-state index is 6.00. The van der Waals surface area contributed by atoms with E-state index in [9.17, 15) is 0 Å². The summed E-state index contributed by atoms with van der Waals surface area (Å²) in [7, 11) is -1.39. The monoisotopic (exact) mass is 497 g/mol. The molecule has 0 spiro atoms. The van der Waals surface area contributed by atoms with Crippen molar-refractivity contribution < 1.29 is 53.5 Å². The molecule has 0 saturated heterocycles. The van der Waals surface area contributed by atoms with Crippen molar-refractivity contribution in [2.45, 2.75) is 51.7 Å². The van der Waals surface area contributed by atoms with Gasteiger partial charge in [-0.3, -0.25) is 6.08 Å². The van der Waals surface area contributed by atoms with E-state index in [1.54, 1.807) is 0 Å². The maximum absolute atomic E-state index is 6.00. The number of hydrogen-bond donors (Lipinski definition) is 0. The zero-order chi connectivity index (χ0) is 18.3. The largest absolute Gasteiger partial charge is 1.00 e. The molecule has 0 aliphatic heterocycles. The minimum atomic E-state index is -1.39. The summed E-state index contributed by atoms with van der Waals surface area (Å²) in [6, 6.07) is 8.79. The average Bonchev–Trinajstić information content (AvgIpc) is 3.18. The van der Waals surface area contributed by atoms with Gasteiger partial charge in [0.15, 0.2) is 8.32 Å². The zero-order valence-electron chi connectivity index (χ0n) is 16.7. The van der Waals surface area contributed by atoms with Gasteiger partial charge >= 0.3 is 34.9 Å². The van der Waals surface area contributed by atoms with Crippen LogP contribution in [0.2, 0.25) is 19.6 Å². The Labute approximate surface area is 193 Å². The van der Waals surface area contributed by atoms with Crippen molar-refractivity contribution in [2.75, 3.05) is 6.61 Å². The van der Waals surface area contributed by atoms with Gasteiger partial charge < -0.3 is 29.2 Å². The van der Waals surface area contributed by atoms with Gasteiger partial charge in [0.2, 0.25) is 0 Å². The van der Waals surface area contributed by atoms with E-state index in [1.165, 1.54) is 46.5 Å². The molecular formula is C22H29Cl2OSiZr-. The Morgan fingerprint density at radius 2 is 1.89 bits per heavy atom. The molecule has 1 aromatic rings. The topological polar surface area (TPSA) is 9.23 Å². The van der Waals surface area contributed by atoms with Gasteiger partial charge in [-0.2, -0.15) is 5.57 Å². The Morgan fingerprint density at radius 1 is 1.22 bits per heavy atom. The summed E-state index contributed by atoms with van der Waals surface area (Å²) >= 11 is 1.51. The predicted octanol–water partition coefficient (Wildman–Crippen LogP) is -0.148. The minimum absolute atomic E-state index is 0. The van der Waals surface area contributed by atoms with E-state index in [1.807, 2.05) is 6.92 Å². The standard InChI is InChI=1S/C20H25OSi.C2H4.2ClH.Zr/c1-22(2,3)21-14-8-12-18-15-17-11-6-7-13-19(17)20(18)16-9-4-5-10-16;1-2;;;/h4-7,11,13,15,20H,8-9,12,14H2,1-3H3;1H,2H3;2*1H;/q-1;;;;+2/p-2. The molecule has 0 fully saturated rings. The summed E-state index contributed by atoms with van der Waals surface area (Å²) in [5, 5.41) is 0. The molecule has 146 valence electrons. The summed E-state index contributed by atoms with van der Waals surface area (Å²) in [4.78, 5) is 0. The fraction of sp³-hybridized carbons (Fsp3) is 0.409. The Morgan fingerprint density at radius 3 is 2.48 bits per heavy atom. The third-order valence-electron chi connectivity index (χ3n) is 4.24. The van der Waals surface area contributed by atoms with Crippen LogP contribution in [0.5, 0.6) is 0 Å². The number of benzene rings is 1. The van der Waals surface area contributed by atoms with E-state index < -0.39 is 8.32 Å². The van der Waals surface area contributed by atoms with Crippen molar-refractivity contribution in [1.29, 1.82) is 0 Å². The average molecular weight is 500 g/mol. The number of allylic oxidation sites excluding steroid dienone is 5. The van der Waals surface area contributed by atoms with Gasteiger partial charge in [-0.25, -0.2) is 12.2 Å². The molecule has 1 atom stereocenters. The molecule has 3 rings (SSSR count). The fourth-order valence-corrected chi connectivity index (χ4v) is 4.04. The van der Waals surface area contributed by atoms with Gasteiger partial charge in [-0.15, -0.1) is 0 Å². The Bertz CT molecular complexity index is 690. The number of fused-ring (bicyclic) bond motifs is 1. The zero-order valence-corrected chi connectivity index (χ0v) is 21.7. The Hall–Kier alpha value is -0.0500. The molecule has 2 aliphatic carbocycles. The van der Waals surface area contributed by atoms with Crippen LogP contribution < -0.4 is 24.8 Å². The van der Waals surface area contributed by atoms with Crippen molar-refractivity contribution in [3.63, 3.8) is 0 Å². The van der Waals surface area contributed by atoms with Crippen LogP contribution in [-0.4, -0.2) is 18.6 Å². The first-order valence-corrected chi connectivity index (χ1v) is 13.9. The third-order valence-corrected chi connectivity index (χ3v) is 5.31. The van der Waals surface area contributed by atoms with E-state index in [2.05, 4.69) is 71.9 Å². The van der Waals surface area contributed by atoms with Crippen LogP contribution in [0.3, 0.4) is 0 Å². The van der Waals surface area contributed by atoms with Crippen LogP contribution in [0.25, 0.3) is 6.08 Å². The van der Waals surface area contributed by atoms with Gasteiger partial charge in [-0.05, 0) is 43.6 Å².